The summed E-state index contributed by atoms with van der Waals surface area (Å²) in [6.45, 7) is 3.76. The van der Waals surface area contributed by atoms with Crippen molar-refractivity contribution in [3.8, 4) is 6.07 Å². The van der Waals surface area contributed by atoms with Crippen molar-refractivity contribution in [3.05, 3.63) is 65.0 Å². The molecule has 4 nitrogen and oxygen atoms in total. The highest BCUT2D eigenvalue weighted by Crippen LogP contribution is 2.42. The summed E-state index contributed by atoms with van der Waals surface area (Å²) in [4.78, 5) is 16.9. The Morgan fingerprint density at radius 3 is 2.75 bits per heavy atom. The van der Waals surface area contributed by atoms with E-state index in [0.29, 0.717) is 22.0 Å². The number of nitrogens with zero attached hydrogens (tertiary/aromatic N) is 2. The zero-order valence-corrected chi connectivity index (χ0v) is 13.8. The number of carbonyl (C=O) groups excluding carboxylic acids is 1. The standard InChI is InChI=1S/C19H16ClN3O/c1-2-15-16(23-18(24)13-5-3-6-14(20)11-13)7-8-17(22-15)19(12-21)9-4-10-19/h2-3,5-8,11H,1,4,9-10H2,(H,23,24). The molecule has 1 aliphatic carbocycles. The van der Waals surface area contributed by atoms with Gasteiger partial charge in [-0.25, -0.2) is 4.98 Å². The second-order valence-corrected chi connectivity index (χ2v) is 6.28. The van der Waals surface area contributed by atoms with Gasteiger partial charge in [-0.1, -0.05) is 24.2 Å². The minimum Gasteiger partial charge on any atom is -0.320 e. The Labute approximate surface area is 145 Å². The number of nitriles is 1. The number of rotatable bonds is 4. The largest absolute Gasteiger partial charge is 0.320 e. The maximum absolute atomic E-state index is 12.4. The molecule has 1 aliphatic rings. The summed E-state index contributed by atoms with van der Waals surface area (Å²) in [6, 6.07) is 12.7. The van der Waals surface area contributed by atoms with Gasteiger partial charge in [-0.3, -0.25) is 4.79 Å². The van der Waals surface area contributed by atoms with Crippen LogP contribution in [-0.2, 0) is 5.41 Å². The van der Waals surface area contributed by atoms with Gasteiger partial charge in [-0.15, -0.1) is 0 Å². The highest BCUT2D eigenvalue weighted by Gasteiger charge is 2.40. The molecule has 1 aromatic carbocycles. The van der Waals surface area contributed by atoms with E-state index < -0.39 is 5.41 Å². The van der Waals surface area contributed by atoms with Crippen molar-refractivity contribution in [1.29, 1.82) is 5.26 Å². The molecule has 24 heavy (non-hydrogen) atoms. The summed E-state index contributed by atoms with van der Waals surface area (Å²) < 4.78 is 0. The predicted octanol–water partition coefficient (Wildman–Crippen LogP) is 4.58. The third-order valence-corrected chi connectivity index (χ3v) is 4.60. The number of hydrogen-bond acceptors (Lipinski definition) is 3. The van der Waals surface area contributed by atoms with E-state index >= 15 is 0 Å². The van der Waals surface area contributed by atoms with Crippen molar-refractivity contribution in [2.24, 2.45) is 0 Å². The van der Waals surface area contributed by atoms with Crippen LogP contribution in [0.5, 0.6) is 0 Å². The Morgan fingerprint density at radius 1 is 1.38 bits per heavy atom. The van der Waals surface area contributed by atoms with Crippen LogP contribution in [0, 0.1) is 11.3 Å². The molecule has 5 heteroatoms. The smallest absolute Gasteiger partial charge is 0.255 e. The van der Waals surface area contributed by atoms with E-state index in [9.17, 15) is 10.1 Å². The second kappa shape index (κ2) is 6.46. The maximum Gasteiger partial charge on any atom is 0.255 e. The van der Waals surface area contributed by atoms with E-state index in [1.165, 1.54) is 0 Å². The molecule has 1 heterocycles. The lowest BCUT2D eigenvalue weighted by Crippen LogP contribution is -2.33. The molecule has 0 atom stereocenters. The number of aromatic nitrogens is 1. The van der Waals surface area contributed by atoms with Crippen LogP contribution in [0.25, 0.3) is 6.08 Å². The molecule has 1 fully saturated rings. The average molecular weight is 338 g/mol. The quantitative estimate of drug-likeness (QED) is 0.888. The lowest BCUT2D eigenvalue weighted by Gasteiger charge is -2.34. The molecule has 1 aromatic heterocycles. The van der Waals surface area contributed by atoms with E-state index in [1.54, 1.807) is 36.4 Å². The number of anilines is 1. The van der Waals surface area contributed by atoms with Gasteiger partial charge in [-0.2, -0.15) is 5.26 Å². The number of benzene rings is 1. The summed E-state index contributed by atoms with van der Waals surface area (Å²) in [6.07, 6.45) is 4.26. The van der Waals surface area contributed by atoms with Gasteiger partial charge in [-0.05, 0) is 55.7 Å². The zero-order chi connectivity index (χ0) is 17.2. The first-order valence-electron chi connectivity index (χ1n) is 7.70. The minimum absolute atomic E-state index is 0.270. The molecule has 1 saturated carbocycles. The van der Waals surface area contributed by atoms with Crippen LogP contribution in [0.3, 0.4) is 0 Å². The fourth-order valence-corrected chi connectivity index (χ4v) is 2.97. The summed E-state index contributed by atoms with van der Waals surface area (Å²) in [5.41, 5.74) is 1.84. The van der Waals surface area contributed by atoms with Crippen molar-refractivity contribution >= 4 is 29.3 Å². The summed E-state index contributed by atoms with van der Waals surface area (Å²) in [5, 5.41) is 12.8. The molecule has 3 rings (SSSR count). The van der Waals surface area contributed by atoms with E-state index in [4.69, 9.17) is 11.6 Å². The van der Waals surface area contributed by atoms with Crippen molar-refractivity contribution in [2.45, 2.75) is 24.7 Å². The number of carbonyl (C=O) groups is 1. The molecule has 0 aliphatic heterocycles. The first-order chi connectivity index (χ1) is 11.6. The molecule has 0 bridgehead atoms. The lowest BCUT2D eigenvalue weighted by molar-refractivity contribution is 0.102. The van der Waals surface area contributed by atoms with Crippen LogP contribution in [0.15, 0.2) is 43.0 Å². The zero-order valence-electron chi connectivity index (χ0n) is 13.1. The van der Waals surface area contributed by atoms with Gasteiger partial charge in [0.05, 0.1) is 28.6 Å². The van der Waals surface area contributed by atoms with E-state index in [1.807, 2.05) is 6.07 Å². The number of amides is 1. The third kappa shape index (κ3) is 2.91. The topological polar surface area (TPSA) is 65.8 Å². The van der Waals surface area contributed by atoms with Crippen LogP contribution in [0.4, 0.5) is 5.69 Å². The van der Waals surface area contributed by atoms with Crippen LogP contribution in [0.2, 0.25) is 5.02 Å². The van der Waals surface area contributed by atoms with Gasteiger partial charge in [0, 0.05) is 10.6 Å². The van der Waals surface area contributed by atoms with Gasteiger partial charge >= 0.3 is 0 Å². The fraction of sp³-hybridized carbons (Fsp3) is 0.211. The van der Waals surface area contributed by atoms with Gasteiger partial charge in [0.1, 0.15) is 0 Å². The Morgan fingerprint density at radius 2 is 2.17 bits per heavy atom. The molecule has 1 amide bonds. The molecular weight excluding hydrogens is 322 g/mol. The number of halogens is 1. The van der Waals surface area contributed by atoms with E-state index in [-0.39, 0.29) is 5.91 Å². The number of pyridine rings is 1. The molecule has 1 N–H and O–H groups in total. The average Bonchev–Trinajstić information content (AvgIpc) is 2.55. The molecule has 2 aromatic rings. The molecule has 0 unspecified atom stereocenters. The van der Waals surface area contributed by atoms with Crippen molar-refractivity contribution in [1.82, 2.24) is 4.98 Å². The second-order valence-electron chi connectivity index (χ2n) is 5.85. The Bertz CT molecular complexity index is 850. The van der Waals surface area contributed by atoms with Crippen molar-refractivity contribution in [3.63, 3.8) is 0 Å². The Kier molecular flexibility index (Phi) is 4.37. The molecule has 120 valence electrons. The number of nitrogens with one attached hydrogen (secondary N) is 1. The SMILES string of the molecule is C=Cc1nc(C2(C#N)CCC2)ccc1NC(=O)c1cccc(Cl)c1. The van der Waals surface area contributed by atoms with Crippen LogP contribution in [0.1, 0.15) is 41.0 Å². The molecule has 0 saturated heterocycles. The molecule has 0 radical (unpaired) electrons. The fourth-order valence-electron chi connectivity index (χ4n) is 2.78. The normalized spacial score (nSPS) is 15.0. The first-order valence-corrected chi connectivity index (χ1v) is 8.08. The van der Waals surface area contributed by atoms with Crippen LogP contribution >= 0.6 is 11.6 Å². The van der Waals surface area contributed by atoms with Crippen molar-refractivity contribution in [2.75, 3.05) is 5.32 Å². The van der Waals surface area contributed by atoms with Gasteiger partial charge in [0.2, 0.25) is 0 Å². The van der Waals surface area contributed by atoms with E-state index in [0.717, 1.165) is 25.0 Å². The Hall–Kier alpha value is -2.64. The Balaban J connectivity index is 1.88. The van der Waals surface area contributed by atoms with Crippen LogP contribution in [-0.4, -0.2) is 10.9 Å². The minimum atomic E-state index is -0.493. The van der Waals surface area contributed by atoms with E-state index in [2.05, 4.69) is 22.9 Å². The van der Waals surface area contributed by atoms with Gasteiger partial charge in [0.15, 0.2) is 0 Å². The molecule has 0 spiro atoms. The maximum atomic E-state index is 12.4. The lowest BCUT2D eigenvalue weighted by atomic mass is 9.67. The number of hydrogen-bond donors (Lipinski definition) is 1. The summed E-state index contributed by atoms with van der Waals surface area (Å²) in [5.74, 6) is -0.270. The van der Waals surface area contributed by atoms with Gasteiger partial charge in [0.25, 0.3) is 5.91 Å². The predicted molar refractivity (Wildman–Crippen MR) is 94.9 cm³/mol. The summed E-state index contributed by atoms with van der Waals surface area (Å²) in [7, 11) is 0. The first kappa shape index (κ1) is 16.2. The highest BCUT2D eigenvalue weighted by molar-refractivity contribution is 6.31. The van der Waals surface area contributed by atoms with Crippen LogP contribution < -0.4 is 5.32 Å². The highest BCUT2D eigenvalue weighted by atomic mass is 35.5. The van der Waals surface area contributed by atoms with Gasteiger partial charge < -0.3 is 5.32 Å². The van der Waals surface area contributed by atoms with Crippen molar-refractivity contribution < 1.29 is 4.79 Å². The third-order valence-electron chi connectivity index (χ3n) is 4.36. The monoisotopic (exact) mass is 337 g/mol. The molecular formula is C19H16ClN3O. The summed E-state index contributed by atoms with van der Waals surface area (Å²) >= 11 is 5.92.